The summed E-state index contributed by atoms with van der Waals surface area (Å²) in [5.74, 6) is 1.81. The van der Waals surface area contributed by atoms with Crippen LogP contribution in [0.25, 0.3) is 22.4 Å². The smallest absolute Gasteiger partial charge is 0.224 e. The molecule has 138 valence electrons. The molecule has 0 spiro atoms. The first-order valence-corrected chi connectivity index (χ1v) is 7.94. The molecule has 0 atom stereocenters. The molecule has 1 aromatic carbocycles. The van der Waals surface area contributed by atoms with Crippen LogP contribution in [-0.4, -0.2) is 51.1 Å². The van der Waals surface area contributed by atoms with Gasteiger partial charge in [0, 0.05) is 18.7 Å². The minimum atomic E-state index is 0. The number of hydrogen-bond acceptors (Lipinski definition) is 7. The van der Waals surface area contributed by atoms with Crippen molar-refractivity contribution < 1.29 is 15.7 Å². The van der Waals surface area contributed by atoms with Gasteiger partial charge in [0.05, 0.1) is 19.0 Å². The number of aromatic nitrogens is 4. The predicted octanol–water partition coefficient (Wildman–Crippen LogP) is 0.628. The Morgan fingerprint density at radius 3 is 2.35 bits per heavy atom. The Morgan fingerprint density at radius 1 is 1.00 bits per heavy atom. The van der Waals surface area contributed by atoms with Crippen molar-refractivity contribution in [3.63, 3.8) is 0 Å². The predicted molar refractivity (Wildman–Crippen MR) is 100 cm³/mol. The zero-order valence-corrected chi connectivity index (χ0v) is 14.4. The summed E-state index contributed by atoms with van der Waals surface area (Å²) in [5, 5.41) is 0. The minimum absolute atomic E-state index is 0. The molecule has 1 aliphatic heterocycles. The van der Waals surface area contributed by atoms with Crippen LogP contribution in [0, 0.1) is 0 Å². The molecule has 0 saturated carbocycles. The number of ether oxygens (including phenoxy) is 1. The summed E-state index contributed by atoms with van der Waals surface area (Å²) in [7, 11) is 1.65. The average Bonchev–Trinajstić information content (AvgIpc) is 3.15. The van der Waals surface area contributed by atoms with Crippen molar-refractivity contribution >= 4 is 22.9 Å². The van der Waals surface area contributed by atoms with Crippen LogP contribution in [-0.2, 0) is 0 Å². The summed E-state index contributed by atoms with van der Waals surface area (Å²) >= 11 is 0. The van der Waals surface area contributed by atoms with Gasteiger partial charge in [0.25, 0.3) is 0 Å². The Morgan fingerprint density at radius 2 is 1.69 bits per heavy atom. The van der Waals surface area contributed by atoms with E-state index < -0.39 is 0 Å². The molecule has 6 N–H and O–H groups in total. The Labute approximate surface area is 150 Å². The van der Waals surface area contributed by atoms with Crippen molar-refractivity contribution in [2.75, 3.05) is 30.8 Å². The fourth-order valence-electron chi connectivity index (χ4n) is 2.96. The number of rotatable bonds is 3. The van der Waals surface area contributed by atoms with Crippen molar-refractivity contribution in [2.24, 2.45) is 0 Å². The molecule has 3 heterocycles. The molecule has 1 aliphatic rings. The fourth-order valence-corrected chi connectivity index (χ4v) is 2.96. The normalized spacial score (nSPS) is 13.2. The largest absolute Gasteiger partial charge is 0.497 e. The van der Waals surface area contributed by atoms with Crippen LogP contribution < -0.4 is 15.4 Å². The van der Waals surface area contributed by atoms with Gasteiger partial charge in [-0.25, -0.2) is 9.97 Å². The molecular formula is C17H22N6O3. The van der Waals surface area contributed by atoms with Gasteiger partial charge < -0.3 is 26.3 Å². The van der Waals surface area contributed by atoms with Gasteiger partial charge in [-0.2, -0.15) is 9.97 Å². The van der Waals surface area contributed by atoms with Crippen molar-refractivity contribution in [1.29, 1.82) is 0 Å². The Hall–Kier alpha value is -3.04. The lowest BCUT2D eigenvalue weighted by molar-refractivity contribution is 0.415. The van der Waals surface area contributed by atoms with Gasteiger partial charge in [-0.1, -0.05) is 0 Å². The molecule has 9 nitrogen and oxygen atoms in total. The lowest BCUT2D eigenvalue weighted by atomic mass is 10.1. The van der Waals surface area contributed by atoms with Crippen LogP contribution in [0.3, 0.4) is 0 Å². The maximum Gasteiger partial charge on any atom is 0.224 e. The number of hydrogen-bond donors (Lipinski definition) is 1. The van der Waals surface area contributed by atoms with E-state index in [1.54, 1.807) is 13.3 Å². The number of anilines is 2. The molecule has 4 rings (SSSR count). The zero-order chi connectivity index (χ0) is 16.5. The van der Waals surface area contributed by atoms with E-state index in [4.69, 9.17) is 15.5 Å². The van der Waals surface area contributed by atoms with E-state index in [0.29, 0.717) is 11.2 Å². The van der Waals surface area contributed by atoms with Gasteiger partial charge >= 0.3 is 0 Å². The second kappa shape index (κ2) is 7.89. The van der Waals surface area contributed by atoms with Crippen molar-refractivity contribution in [3.05, 3.63) is 30.5 Å². The summed E-state index contributed by atoms with van der Waals surface area (Å²) in [6.45, 7) is 1.92. The molecule has 2 aromatic heterocycles. The van der Waals surface area contributed by atoms with E-state index in [1.165, 1.54) is 0 Å². The lowest BCUT2D eigenvalue weighted by Gasteiger charge is -2.17. The summed E-state index contributed by atoms with van der Waals surface area (Å²) < 4.78 is 5.20. The molecule has 9 heteroatoms. The van der Waals surface area contributed by atoms with E-state index >= 15 is 0 Å². The summed E-state index contributed by atoms with van der Waals surface area (Å²) in [6, 6.07) is 7.73. The highest BCUT2D eigenvalue weighted by atomic mass is 16.5. The summed E-state index contributed by atoms with van der Waals surface area (Å²) in [4.78, 5) is 20.0. The molecule has 0 aliphatic carbocycles. The summed E-state index contributed by atoms with van der Waals surface area (Å²) in [6.07, 6.45) is 4.01. The Balaban J connectivity index is 0.00000121. The monoisotopic (exact) mass is 358 g/mol. The third kappa shape index (κ3) is 3.48. The zero-order valence-electron chi connectivity index (χ0n) is 14.4. The topological polar surface area (TPSA) is 153 Å². The van der Waals surface area contributed by atoms with Crippen LogP contribution >= 0.6 is 0 Å². The van der Waals surface area contributed by atoms with Gasteiger partial charge in [0.15, 0.2) is 17.0 Å². The maximum absolute atomic E-state index is 5.84. The fraction of sp³-hybridized carbons (Fsp3) is 0.294. The molecule has 1 fully saturated rings. The number of nitrogens with two attached hydrogens (primary N) is 1. The molecule has 0 unspecified atom stereocenters. The molecule has 26 heavy (non-hydrogen) atoms. The van der Waals surface area contributed by atoms with Crippen molar-refractivity contribution in [2.45, 2.75) is 12.8 Å². The number of benzene rings is 1. The summed E-state index contributed by atoms with van der Waals surface area (Å²) in [5.41, 5.74) is 8.81. The molecule has 3 aromatic rings. The maximum atomic E-state index is 5.84. The van der Waals surface area contributed by atoms with Crippen molar-refractivity contribution in [1.82, 2.24) is 19.9 Å². The Kier molecular flexibility index (Phi) is 5.86. The third-order valence-corrected chi connectivity index (χ3v) is 4.20. The highest BCUT2D eigenvalue weighted by Crippen LogP contribution is 2.28. The average molecular weight is 358 g/mol. The second-order valence-electron chi connectivity index (χ2n) is 5.76. The molecule has 0 amide bonds. The first-order valence-electron chi connectivity index (χ1n) is 7.94. The van der Waals surface area contributed by atoms with Crippen LogP contribution in [0.2, 0.25) is 0 Å². The van der Waals surface area contributed by atoms with E-state index in [9.17, 15) is 0 Å². The molecule has 0 bridgehead atoms. The van der Waals surface area contributed by atoms with E-state index in [0.717, 1.165) is 48.8 Å². The minimum Gasteiger partial charge on any atom is -0.497 e. The Bertz CT molecular complexity index is 882. The van der Waals surface area contributed by atoms with Crippen LogP contribution in [0.4, 0.5) is 11.8 Å². The standard InChI is InChI=1S/C17H18N6O.2H2O/c1-24-12-6-4-11(5-7-12)13-10-19-15-14(20-13)16(22-17(18)21-15)23-8-2-3-9-23;;/h4-7,10H,2-3,8-9H2,1H3,(H2,18,19,21,22);2*1H2. The molecule has 1 saturated heterocycles. The van der Waals surface area contributed by atoms with Crippen LogP contribution in [0.15, 0.2) is 30.5 Å². The van der Waals surface area contributed by atoms with Gasteiger partial charge in [0.2, 0.25) is 5.95 Å². The number of fused-ring (bicyclic) bond motifs is 1. The number of methoxy groups -OCH3 is 1. The first-order chi connectivity index (χ1) is 11.7. The second-order valence-corrected chi connectivity index (χ2v) is 5.76. The van der Waals surface area contributed by atoms with E-state index in [1.807, 2.05) is 24.3 Å². The number of nitrogen functional groups attached to an aromatic ring is 1. The van der Waals surface area contributed by atoms with Gasteiger partial charge in [0.1, 0.15) is 5.75 Å². The number of nitrogens with zero attached hydrogens (tertiary/aromatic N) is 5. The van der Waals surface area contributed by atoms with E-state index in [-0.39, 0.29) is 16.9 Å². The van der Waals surface area contributed by atoms with Gasteiger partial charge in [-0.15, -0.1) is 0 Å². The molecule has 0 radical (unpaired) electrons. The lowest BCUT2D eigenvalue weighted by Crippen LogP contribution is -2.20. The third-order valence-electron chi connectivity index (χ3n) is 4.20. The van der Waals surface area contributed by atoms with Crippen LogP contribution in [0.5, 0.6) is 5.75 Å². The quantitative estimate of drug-likeness (QED) is 0.720. The first kappa shape index (κ1) is 19.3. The highest BCUT2D eigenvalue weighted by Gasteiger charge is 2.19. The molecular weight excluding hydrogens is 336 g/mol. The highest BCUT2D eigenvalue weighted by molar-refractivity contribution is 5.85. The van der Waals surface area contributed by atoms with Crippen molar-refractivity contribution in [3.8, 4) is 17.0 Å². The SMILES string of the molecule is COc1ccc(-c2cnc3nc(N)nc(N4CCCC4)c3n2)cc1.O.O. The van der Waals surface area contributed by atoms with Gasteiger partial charge in [-0.3, -0.25) is 0 Å². The van der Waals surface area contributed by atoms with Crippen LogP contribution in [0.1, 0.15) is 12.8 Å². The van der Waals surface area contributed by atoms with E-state index in [2.05, 4.69) is 19.9 Å². The van der Waals surface area contributed by atoms with Gasteiger partial charge in [-0.05, 0) is 37.1 Å².